The van der Waals surface area contributed by atoms with Crippen LogP contribution in [0, 0.1) is 5.41 Å². The van der Waals surface area contributed by atoms with Gasteiger partial charge in [-0.05, 0) is 24.0 Å². The quantitative estimate of drug-likeness (QED) is 0.631. The van der Waals surface area contributed by atoms with Crippen LogP contribution >= 0.6 is 0 Å². The summed E-state index contributed by atoms with van der Waals surface area (Å²) >= 11 is 0. The van der Waals surface area contributed by atoms with Crippen molar-refractivity contribution in [1.29, 1.82) is 0 Å². The first-order valence-corrected chi connectivity index (χ1v) is 8.53. The molecule has 3 nitrogen and oxygen atoms in total. The molecule has 0 atom stereocenters. The number of benzene rings is 2. The Morgan fingerprint density at radius 1 is 0.840 bits per heavy atom. The molecule has 1 spiro atoms. The summed E-state index contributed by atoms with van der Waals surface area (Å²) in [7, 11) is 0. The summed E-state index contributed by atoms with van der Waals surface area (Å²) in [6.45, 7) is 0.477. The molecule has 0 fully saturated rings. The van der Waals surface area contributed by atoms with Gasteiger partial charge in [-0.25, -0.2) is 0 Å². The van der Waals surface area contributed by atoms with E-state index in [1.807, 2.05) is 72.8 Å². The normalized spacial score (nSPS) is 18.7. The molecule has 1 heterocycles. The maximum atomic E-state index is 13.2. The van der Waals surface area contributed by atoms with Gasteiger partial charge in [0.1, 0.15) is 5.41 Å². The van der Waals surface area contributed by atoms with Gasteiger partial charge >= 0.3 is 0 Å². The second kappa shape index (κ2) is 6.17. The van der Waals surface area contributed by atoms with Crippen molar-refractivity contribution in [2.24, 2.45) is 5.41 Å². The van der Waals surface area contributed by atoms with Crippen LogP contribution in [0.1, 0.15) is 24.0 Å². The van der Waals surface area contributed by atoms with Crippen LogP contribution in [0.3, 0.4) is 0 Å². The maximum Gasteiger partial charge on any atom is 0.241 e. The van der Waals surface area contributed by atoms with Crippen LogP contribution in [0.15, 0.2) is 79.0 Å². The summed E-state index contributed by atoms with van der Waals surface area (Å²) < 4.78 is 0. The second-order valence-electron chi connectivity index (χ2n) is 6.62. The average Bonchev–Trinajstić information content (AvgIpc) is 3.15. The summed E-state index contributed by atoms with van der Waals surface area (Å²) in [6.07, 6.45) is 6.60. The molecule has 0 radical (unpaired) electrons. The van der Waals surface area contributed by atoms with Crippen molar-refractivity contribution in [3.63, 3.8) is 0 Å². The van der Waals surface area contributed by atoms with E-state index >= 15 is 0 Å². The fourth-order valence-corrected chi connectivity index (χ4v) is 3.64. The van der Waals surface area contributed by atoms with E-state index in [-0.39, 0.29) is 11.7 Å². The molecule has 124 valence electrons. The number of hydrogen-bond acceptors (Lipinski definition) is 2. The van der Waals surface area contributed by atoms with E-state index in [4.69, 9.17) is 0 Å². The summed E-state index contributed by atoms with van der Waals surface area (Å²) in [5, 5.41) is 0. The molecule has 3 heteroatoms. The Labute approximate surface area is 147 Å². The third-order valence-electron chi connectivity index (χ3n) is 5.01. The Balaban J connectivity index is 1.78. The first kappa shape index (κ1) is 15.6. The first-order chi connectivity index (χ1) is 12.2. The molecule has 0 bridgehead atoms. The third-order valence-corrected chi connectivity index (χ3v) is 5.01. The van der Waals surface area contributed by atoms with E-state index in [9.17, 15) is 9.59 Å². The maximum absolute atomic E-state index is 13.2. The van der Waals surface area contributed by atoms with E-state index in [1.165, 1.54) is 0 Å². The van der Waals surface area contributed by atoms with Crippen LogP contribution in [0.2, 0.25) is 0 Å². The Morgan fingerprint density at radius 2 is 1.44 bits per heavy atom. The SMILES string of the molecule is O=C1C(c2ccccc2)=CN(Cc2ccccc2)C(=O)C12CC=CC2. The predicted molar refractivity (Wildman–Crippen MR) is 97.2 cm³/mol. The fraction of sp³-hybridized carbons (Fsp3) is 0.182. The second-order valence-corrected chi connectivity index (χ2v) is 6.62. The standard InChI is InChI=1S/C22H19NO2/c24-20-19(18-11-5-2-6-12-18)16-23(15-17-9-3-1-4-10-17)21(25)22(20)13-7-8-14-22/h1-12,16H,13-15H2. The number of carbonyl (C=O) groups is 2. The van der Waals surface area contributed by atoms with E-state index < -0.39 is 5.41 Å². The Bertz CT molecular complexity index is 857. The molecule has 4 rings (SSSR count). The molecule has 1 aliphatic heterocycles. The molecule has 0 unspecified atom stereocenters. The van der Waals surface area contributed by atoms with Gasteiger partial charge in [-0.3, -0.25) is 9.59 Å². The van der Waals surface area contributed by atoms with Crippen LogP contribution in [0.25, 0.3) is 5.57 Å². The zero-order chi connectivity index (χ0) is 17.3. The molecule has 25 heavy (non-hydrogen) atoms. The van der Waals surface area contributed by atoms with Gasteiger partial charge in [0.25, 0.3) is 0 Å². The highest BCUT2D eigenvalue weighted by Crippen LogP contribution is 2.43. The molecule has 2 aromatic rings. The van der Waals surface area contributed by atoms with Gasteiger partial charge in [-0.15, -0.1) is 0 Å². The molecule has 2 aliphatic rings. The van der Waals surface area contributed by atoms with Gasteiger partial charge in [0.15, 0.2) is 5.78 Å². The molecule has 0 aromatic heterocycles. The highest BCUT2D eigenvalue weighted by molar-refractivity contribution is 6.32. The van der Waals surface area contributed by atoms with Crippen molar-refractivity contribution in [2.45, 2.75) is 19.4 Å². The average molecular weight is 329 g/mol. The van der Waals surface area contributed by atoms with Crippen molar-refractivity contribution in [1.82, 2.24) is 4.90 Å². The highest BCUT2D eigenvalue weighted by Gasteiger charge is 2.51. The molecule has 0 N–H and O–H groups in total. The smallest absolute Gasteiger partial charge is 0.241 e. The molecular weight excluding hydrogens is 310 g/mol. The van der Waals surface area contributed by atoms with Crippen molar-refractivity contribution in [3.05, 3.63) is 90.1 Å². The van der Waals surface area contributed by atoms with Crippen LogP contribution in [-0.2, 0) is 16.1 Å². The number of nitrogens with zero attached hydrogens (tertiary/aromatic N) is 1. The van der Waals surface area contributed by atoms with Crippen LogP contribution in [-0.4, -0.2) is 16.6 Å². The number of Topliss-reactive ketones (excluding diaryl/α,β-unsaturated/α-hetero) is 1. The number of carbonyl (C=O) groups excluding carboxylic acids is 2. The molecule has 1 amide bonds. The minimum absolute atomic E-state index is 0.0574. The minimum Gasteiger partial charge on any atom is -0.313 e. The van der Waals surface area contributed by atoms with Crippen molar-refractivity contribution >= 4 is 17.3 Å². The first-order valence-electron chi connectivity index (χ1n) is 8.53. The molecular formula is C22H19NO2. The Kier molecular flexibility index (Phi) is 3.85. The number of hydrogen-bond donors (Lipinski definition) is 0. The van der Waals surface area contributed by atoms with E-state index in [0.717, 1.165) is 11.1 Å². The minimum atomic E-state index is -0.964. The fourth-order valence-electron chi connectivity index (χ4n) is 3.64. The van der Waals surface area contributed by atoms with Gasteiger partial charge in [0.05, 0.1) is 6.54 Å². The van der Waals surface area contributed by atoms with E-state index in [0.29, 0.717) is 25.0 Å². The Hall–Kier alpha value is -2.94. The van der Waals surface area contributed by atoms with E-state index in [1.54, 1.807) is 11.1 Å². The molecule has 0 saturated carbocycles. The summed E-state index contributed by atoms with van der Waals surface area (Å²) in [6, 6.07) is 19.5. The van der Waals surface area contributed by atoms with Gasteiger partial charge in [0, 0.05) is 11.8 Å². The van der Waals surface area contributed by atoms with Crippen LogP contribution < -0.4 is 0 Å². The van der Waals surface area contributed by atoms with Gasteiger partial charge < -0.3 is 4.90 Å². The zero-order valence-electron chi connectivity index (χ0n) is 13.9. The van der Waals surface area contributed by atoms with Crippen LogP contribution in [0.5, 0.6) is 0 Å². The topological polar surface area (TPSA) is 37.4 Å². The van der Waals surface area contributed by atoms with Gasteiger partial charge in [-0.2, -0.15) is 0 Å². The number of allylic oxidation sites excluding steroid dienone is 3. The lowest BCUT2D eigenvalue weighted by atomic mass is 9.73. The molecule has 1 aliphatic carbocycles. The predicted octanol–water partition coefficient (Wildman–Crippen LogP) is 3.98. The third kappa shape index (κ3) is 2.62. The monoisotopic (exact) mass is 329 g/mol. The summed E-state index contributed by atoms with van der Waals surface area (Å²) in [5.74, 6) is -0.149. The van der Waals surface area contributed by atoms with Crippen LogP contribution in [0.4, 0.5) is 0 Å². The zero-order valence-corrected chi connectivity index (χ0v) is 13.9. The summed E-state index contributed by atoms with van der Waals surface area (Å²) in [4.78, 5) is 28.1. The molecule has 0 saturated heterocycles. The largest absolute Gasteiger partial charge is 0.313 e. The number of ketones is 1. The number of amides is 1. The lowest BCUT2D eigenvalue weighted by Gasteiger charge is -2.37. The lowest BCUT2D eigenvalue weighted by Crippen LogP contribution is -2.49. The van der Waals surface area contributed by atoms with Crippen molar-refractivity contribution in [3.8, 4) is 0 Å². The van der Waals surface area contributed by atoms with Gasteiger partial charge in [0.2, 0.25) is 5.91 Å². The summed E-state index contributed by atoms with van der Waals surface area (Å²) in [5.41, 5.74) is 1.58. The van der Waals surface area contributed by atoms with E-state index in [2.05, 4.69) is 0 Å². The molecule has 2 aromatic carbocycles. The number of rotatable bonds is 3. The Morgan fingerprint density at radius 3 is 2.08 bits per heavy atom. The highest BCUT2D eigenvalue weighted by atomic mass is 16.2. The van der Waals surface area contributed by atoms with Crippen molar-refractivity contribution in [2.75, 3.05) is 0 Å². The van der Waals surface area contributed by atoms with Gasteiger partial charge in [-0.1, -0.05) is 72.8 Å². The lowest BCUT2D eigenvalue weighted by molar-refractivity contribution is -0.146. The van der Waals surface area contributed by atoms with Crippen molar-refractivity contribution < 1.29 is 9.59 Å².